The molecule has 0 atom stereocenters. The fourth-order valence-electron chi connectivity index (χ4n) is 2.29. The third-order valence-corrected chi connectivity index (χ3v) is 3.62. The first-order valence-electron chi connectivity index (χ1n) is 6.48. The van der Waals surface area contributed by atoms with E-state index in [1.165, 1.54) is 0 Å². The number of piperidine rings is 1. The fourth-order valence-corrected chi connectivity index (χ4v) is 2.39. The van der Waals surface area contributed by atoms with Gasteiger partial charge in [-0.05, 0) is 25.0 Å². The Hall–Kier alpha value is -1.69. The van der Waals surface area contributed by atoms with Gasteiger partial charge in [-0.1, -0.05) is 11.6 Å². The van der Waals surface area contributed by atoms with Crippen molar-refractivity contribution >= 4 is 23.4 Å². The molecule has 1 aromatic rings. The lowest BCUT2D eigenvalue weighted by Crippen LogP contribution is -2.43. The number of likely N-dealkylation sites (tertiary alicyclic amines) is 1. The van der Waals surface area contributed by atoms with Crippen molar-refractivity contribution in [1.82, 2.24) is 20.0 Å². The number of halogens is 1. The molecule has 0 bridgehead atoms. The third kappa shape index (κ3) is 3.25. The third-order valence-electron chi connectivity index (χ3n) is 3.42. The first-order chi connectivity index (χ1) is 9.49. The number of hydrogen-bond donors (Lipinski definition) is 0. The lowest BCUT2D eigenvalue weighted by atomic mass is 9.95. The highest BCUT2D eigenvalue weighted by Gasteiger charge is 2.29. The van der Waals surface area contributed by atoms with Crippen molar-refractivity contribution in [2.75, 3.05) is 27.2 Å². The molecular weight excluding hydrogens is 280 g/mol. The SMILES string of the molecule is CN(C)C(=O)C1CCN(C(=O)c2ccc(Cl)nn2)CC1. The molecule has 0 radical (unpaired) electrons. The zero-order valence-corrected chi connectivity index (χ0v) is 12.3. The second-order valence-electron chi connectivity index (χ2n) is 5.04. The van der Waals surface area contributed by atoms with Gasteiger partial charge < -0.3 is 9.80 Å². The Balaban J connectivity index is 1.95. The summed E-state index contributed by atoms with van der Waals surface area (Å²) in [6, 6.07) is 3.11. The standard InChI is InChI=1S/C13H17ClN4O2/c1-17(2)12(19)9-5-7-18(8-6-9)13(20)10-3-4-11(14)16-15-10/h3-4,9H,5-8H2,1-2H3. The van der Waals surface area contributed by atoms with Gasteiger partial charge in [0.2, 0.25) is 5.91 Å². The molecule has 2 rings (SSSR count). The summed E-state index contributed by atoms with van der Waals surface area (Å²) in [6.45, 7) is 1.13. The molecule has 0 spiro atoms. The van der Waals surface area contributed by atoms with Crippen LogP contribution in [0.5, 0.6) is 0 Å². The van der Waals surface area contributed by atoms with Crippen LogP contribution in [0.4, 0.5) is 0 Å². The smallest absolute Gasteiger partial charge is 0.274 e. The van der Waals surface area contributed by atoms with E-state index in [0.717, 1.165) is 0 Å². The largest absolute Gasteiger partial charge is 0.349 e. The highest BCUT2D eigenvalue weighted by molar-refractivity contribution is 6.29. The van der Waals surface area contributed by atoms with Crippen LogP contribution in [0.2, 0.25) is 5.15 Å². The Morgan fingerprint density at radius 3 is 2.40 bits per heavy atom. The summed E-state index contributed by atoms with van der Waals surface area (Å²) in [4.78, 5) is 27.4. The summed E-state index contributed by atoms with van der Waals surface area (Å²) in [5, 5.41) is 7.72. The topological polar surface area (TPSA) is 66.4 Å². The van der Waals surface area contributed by atoms with Crippen LogP contribution in [0.25, 0.3) is 0 Å². The van der Waals surface area contributed by atoms with Gasteiger partial charge in [-0.2, -0.15) is 0 Å². The van der Waals surface area contributed by atoms with Gasteiger partial charge in [-0.3, -0.25) is 9.59 Å². The number of rotatable bonds is 2. The Morgan fingerprint density at radius 2 is 1.90 bits per heavy atom. The molecule has 1 saturated heterocycles. The zero-order chi connectivity index (χ0) is 14.7. The lowest BCUT2D eigenvalue weighted by Gasteiger charge is -2.32. The molecule has 2 heterocycles. The number of carbonyl (C=O) groups is 2. The number of aromatic nitrogens is 2. The highest BCUT2D eigenvalue weighted by atomic mass is 35.5. The molecule has 0 saturated carbocycles. The van der Waals surface area contributed by atoms with E-state index in [0.29, 0.717) is 25.9 Å². The second kappa shape index (κ2) is 6.17. The Morgan fingerprint density at radius 1 is 1.25 bits per heavy atom. The molecule has 2 amide bonds. The Labute approximate surface area is 122 Å². The first-order valence-corrected chi connectivity index (χ1v) is 6.86. The first kappa shape index (κ1) is 14.7. The van der Waals surface area contributed by atoms with Gasteiger partial charge in [0.25, 0.3) is 5.91 Å². The van der Waals surface area contributed by atoms with E-state index < -0.39 is 0 Å². The van der Waals surface area contributed by atoms with Crippen LogP contribution >= 0.6 is 11.6 Å². The van der Waals surface area contributed by atoms with Crippen molar-refractivity contribution in [3.05, 3.63) is 23.0 Å². The molecule has 108 valence electrons. The number of nitrogens with zero attached hydrogens (tertiary/aromatic N) is 4. The quantitative estimate of drug-likeness (QED) is 0.819. The number of amides is 2. The molecule has 1 aliphatic rings. The van der Waals surface area contributed by atoms with E-state index in [1.54, 1.807) is 36.0 Å². The minimum atomic E-state index is -0.162. The summed E-state index contributed by atoms with van der Waals surface area (Å²) in [5.74, 6) is -0.0290. The normalized spacial score (nSPS) is 16.1. The van der Waals surface area contributed by atoms with Crippen molar-refractivity contribution in [2.24, 2.45) is 5.92 Å². The molecular formula is C13H17ClN4O2. The number of hydrogen-bond acceptors (Lipinski definition) is 4. The van der Waals surface area contributed by atoms with Crippen LogP contribution in [-0.2, 0) is 4.79 Å². The van der Waals surface area contributed by atoms with Crippen molar-refractivity contribution < 1.29 is 9.59 Å². The average molecular weight is 297 g/mol. The molecule has 0 N–H and O–H groups in total. The summed E-state index contributed by atoms with van der Waals surface area (Å²) >= 11 is 5.65. The van der Waals surface area contributed by atoms with Crippen LogP contribution in [0.15, 0.2) is 12.1 Å². The van der Waals surface area contributed by atoms with Crippen LogP contribution in [-0.4, -0.2) is 59.0 Å². The molecule has 0 aliphatic carbocycles. The number of carbonyl (C=O) groups excluding carboxylic acids is 2. The maximum Gasteiger partial charge on any atom is 0.274 e. The predicted octanol–water partition coefficient (Wildman–Crippen LogP) is 1.07. The maximum absolute atomic E-state index is 12.2. The van der Waals surface area contributed by atoms with Gasteiger partial charge in [0.05, 0.1) is 0 Å². The minimum absolute atomic E-state index is 0.00496. The summed E-state index contributed by atoms with van der Waals surface area (Å²) in [5.41, 5.74) is 0.284. The predicted molar refractivity (Wildman–Crippen MR) is 74.4 cm³/mol. The van der Waals surface area contributed by atoms with Gasteiger partial charge in [0, 0.05) is 33.1 Å². The van der Waals surface area contributed by atoms with Crippen molar-refractivity contribution in [3.63, 3.8) is 0 Å². The van der Waals surface area contributed by atoms with E-state index in [4.69, 9.17) is 11.6 Å². The van der Waals surface area contributed by atoms with Gasteiger partial charge in [-0.25, -0.2) is 0 Å². The van der Waals surface area contributed by atoms with E-state index in [9.17, 15) is 9.59 Å². The molecule has 1 fully saturated rings. The Kier molecular flexibility index (Phi) is 4.54. The van der Waals surface area contributed by atoms with E-state index >= 15 is 0 Å². The molecule has 20 heavy (non-hydrogen) atoms. The highest BCUT2D eigenvalue weighted by Crippen LogP contribution is 2.20. The van der Waals surface area contributed by atoms with Crippen LogP contribution in [0, 0.1) is 5.92 Å². The maximum atomic E-state index is 12.2. The summed E-state index contributed by atoms with van der Waals surface area (Å²) < 4.78 is 0. The molecule has 6 nitrogen and oxygen atoms in total. The van der Waals surface area contributed by atoms with Crippen molar-refractivity contribution in [2.45, 2.75) is 12.8 Å². The lowest BCUT2D eigenvalue weighted by molar-refractivity contribution is -0.134. The molecule has 1 aromatic heterocycles. The second-order valence-corrected chi connectivity index (χ2v) is 5.43. The van der Waals surface area contributed by atoms with Crippen LogP contribution in [0.1, 0.15) is 23.3 Å². The van der Waals surface area contributed by atoms with E-state index in [-0.39, 0.29) is 28.6 Å². The van der Waals surface area contributed by atoms with Gasteiger partial charge in [-0.15, -0.1) is 10.2 Å². The van der Waals surface area contributed by atoms with E-state index in [2.05, 4.69) is 10.2 Å². The molecule has 0 unspecified atom stereocenters. The monoisotopic (exact) mass is 296 g/mol. The van der Waals surface area contributed by atoms with Crippen molar-refractivity contribution in [3.8, 4) is 0 Å². The molecule has 7 heteroatoms. The van der Waals surface area contributed by atoms with Gasteiger partial charge in [0.1, 0.15) is 0 Å². The molecule has 0 aromatic carbocycles. The minimum Gasteiger partial charge on any atom is -0.349 e. The fraction of sp³-hybridized carbons (Fsp3) is 0.538. The summed E-state index contributed by atoms with van der Waals surface area (Å²) in [6.07, 6.45) is 1.37. The zero-order valence-electron chi connectivity index (χ0n) is 11.5. The van der Waals surface area contributed by atoms with Crippen LogP contribution < -0.4 is 0 Å². The van der Waals surface area contributed by atoms with Crippen molar-refractivity contribution in [1.29, 1.82) is 0 Å². The van der Waals surface area contributed by atoms with Gasteiger partial charge in [0.15, 0.2) is 10.8 Å². The Bertz CT molecular complexity index is 496. The van der Waals surface area contributed by atoms with E-state index in [1.807, 2.05) is 0 Å². The van der Waals surface area contributed by atoms with Crippen LogP contribution in [0.3, 0.4) is 0 Å². The van der Waals surface area contributed by atoms with Gasteiger partial charge >= 0.3 is 0 Å². The summed E-state index contributed by atoms with van der Waals surface area (Å²) in [7, 11) is 3.51. The average Bonchev–Trinajstić information content (AvgIpc) is 2.46. The molecule has 1 aliphatic heterocycles.